The van der Waals surface area contributed by atoms with Crippen LogP contribution in [0.5, 0.6) is 11.5 Å². The summed E-state index contributed by atoms with van der Waals surface area (Å²) in [6, 6.07) is 12.6. The van der Waals surface area contributed by atoms with Crippen molar-refractivity contribution in [3.8, 4) is 11.5 Å². The van der Waals surface area contributed by atoms with E-state index in [2.05, 4.69) is 5.32 Å². The molecule has 2 N–H and O–H groups in total. The lowest BCUT2D eigenvalue weighted by atomic mass is 10.1. The second kappa shape index (κ2) is 7.31. The summed E-state index contributed by atoms with van der Waals surface area (Å²) in [7, 11) is 0. The summed E-state index contributed by atoms with van der Waals surface area (Å²) in [5.41, 5.74) is 0.652. The number of halogens is 1. The number of amides is 2. The molecule has 0 aliphatic carbocycles. The van der Waals surface area contributed by atoms with Gasteiger partial charge in [-0.15, -0.1) is 0 Å². The number of rotatable bonds is 4. The van der Waals surface area contributed by atoms with Crippen LogP contribution in [0.4, 0.5) is 14.9 Å². The Hall–Kier alpha value is -2.60. The van der Waals surface area contributed by atoms with Crippen LogP contribution >= 0.6 is 0 Å². The maximum absolute atomic E-state index is 13.1. The maximum atomic E-state index is 13.1. The Bertz CT molecular complexity index is 706. The van der Waals surface area contributed by atoms with Gasteiger partial charge in [-0.25, -0.2) is 9.18 Å². The molecule has 2 amide bonds. The molecular weight excluding hydrogens is 311 g/mol. The van der Waals surface area contributed by atoms with Crippen molar-refractivity contribution >= 4 is 11.7 Å². The number of carbonyl (C=O) groups excluding carboxylic acids is 1. The van der Waals surface area contributed by atoms with Gasteiger partial charge in [0.1, 0.15) is 17.3 Å². The Morgan fingerprint density at radius 2 is 2.04 bits per heavy atom. The Labute approximate surface area is 139 Å². The van der Waals surface area contributed by atoms with Crippen LogP contribution in [-0.4, -0.2) is 35.7 Å². The lowest BCUT2D eigenvalue weighted by Gasteiger charge is -2.17. The molecule has 1 fully saturated rings. The van der Waals surface area contributed by atoms with Gasteiger partial charge in [0.25, 0.3) is 0 Å². The normalized spacial score (nSPS) is 16.9. The number of carbonyl (C=O) groups is 1. The first-order valence-electron chi connectivity index (χ1n) is 7.84. The van der Waals surface area contributed by atoms with E-state index in [1.54, 1.807) is 41.3 Å². The largest absolute Gasteiger partial charge is 0.457 e. The first-order valence-corrected chi connectivity index (χ1v) is 7.84. The van der Waals surface area contributed by atoms with Crippen LogP contribution < -0.4 is 10.1 Å². The van der Waals surface area contributed by atoms with Crippen LogP contribution in [0, 0.1) is 11.7 Å². The lowest BCUT2D eigenvalue weighted by molar-refractivity contribution is 0.209. The van der Waals surface area contributed by atoms with Crippen molar-refractivity contribution in [2.45, 2.75) is 6.42 Å². The van der Waals surface area contributed by atoms with Crippen molar-refractivity contribution in [2.24, 2.45) is 5.92 Å². The fraction of sp³-hybridized carbons (Fsp3) is 0.278. The van der Waals surface area contributed by atoms with Crippen LogP contribution in [0.15, 0.2) is 48.5 Å². The third-order valence-electron chi connectivity index (χ3n) is 3.97. The molecule has 6 heteroatoms. The Morgan fingerprint density at radius 3 is 2.71 bits per heavy atom. The summed E-state index contributed by atoms with van der Waals surface area (Å²) in [5.74, 6) is 0.778. The minimum atomic E-state index is -0.358. The zero-order valence-corrected chi connectivity index (χ0v) is 13.1. The quantitative estimate of drug-likeness (QED) is 0.902. The molecule has 3 rings (SSSR count). The van der Waals surface area contributed by atoms with E-state index in [0.717, 1.165) is 6.42 Å². The molecule has 1 aliphatic heterocycles. The number of nitrogens with zero attached hydrogens (tertiary/aromatic N) is 1. The number of nitrogens with one attached hydrogen (secondary N) is 1. The van der Waals surface area contributed by atoms with Crippen molar-refractivity contribution in [1.82, 2.24) is 4.90 Å². The number of aliphatic hydroxyl groups is 1. The van der Waals surface area contributed by atoms with E-state index in [1.165, 1.54) is 12.1 Å². The predicted octanol–water partition coefficient (Wildman–Crippen LogP) is 3.46. The highest BCUT2D eigenvalue weighted by atomic mass is 19.1. The smallest absolute Gasteiger partial charge is 0.321 e. The van der Waals surface area contributed by atoms with Crippen molar-refractivity contribution in [1.29, 1.82) is 0 Å². The summed E-state index contributed by atoms with van der Waals surface area (Å²) in [6.45, 7) is 1.33. The molecule has 2 aromatic carbocycles. The van der Waals surface area contributed by atoms with Crippen molar-refractivity contribution < 1.29 is 19.0 Å². The molecule has 0 radical (unpaired) electrons. The van der Waals surface area contributed by atoms with Gasteiger partial charge in [0.15, 0.2) is 0 Å². The zero-order valence-electron chi connectivity index (χ0n) is 13.1. The fourth-order valence-electron chi connectivity index (χ4n) is 2.64. The molecule has 1 heterocycles. The molecule has 126 valence electrons. The van der Waals surface area contributed by atoms with E-state index in [1.807, 2.05) is 0 Å². The van der Waals surface area contributed by atoms with Gasteiger partial charge in [-0.2, -0.15) is 0 Å². The molecule has 0 saturated carbocycles. The van der Waals surface area contributed by atoms with Crippen molar-refractivity contribution in [3.05, 3.63) is 54.3 Å². The van der Waals surface area contributed by atoms with Gasteiger partial charge in [-0.05, 0) is 42.8 Å². The van der Waals surface area contributed by atoms with Crippen LogP contribution in [0.1, 0.15) is 6.42 Å². The third kappa shape index (κ3) is 4.02. The molecule has 1 atom stereocenters. The first-order chi connectivity index (χ1) is 11.6. The summed E-state index contributed by atoms with van der Waals surface area (Å²) in [4.78, 5) is 13.8. The summed E-state index contributed by atoms with van der Waals surface area (Å²) >= 11 is 0. The third-order valence-corrected chi connectivity index (χ3v) is 3.97. The lowest BCUT2D eigenvalue weighted by Crippen LogP contribution is -2.33. The van der Waals surface area contributed by atoms with E-state index in [9.17, 15) is 9.18 Å². The van der Waals surface area contributed by atoms with Gasteiger partial charge in [-0.3, -0.25) is 0 Å². The number of anilines is 1. The van der Waals surface area contributed by atoms with E-state index >= 15 is 0 Å². The monoisotopic (exact) mass is 330 g/mol. The van der Waals surface area contributed by atoms with E-state index in [-0.39, 0.29) is 24.4 Å². The summed E-state index contributed by atoms with van der Waals surface area (Å²) in [5, 5.41) is 11.9. The summed E-state index contributed by atoms with van der Waals surface area (Å²) in [6.07, 6.45) is 0.824. The molecule has 2 aromatic rings. The minimum absolute atomic E-state index is 0.107. The molecular formula is C18H19FN2O3. The van der Waals surface area contributed by atoms with Crippen LogP contribution in [0.2, 0.25) is 0 Å². The van der Waals surface area contributed by atoms with Gasteiger partial charge in [0, 0.05) is 37.4 Å². The highest BCUT2D eigenvalue weighted by Gasteiger charge is 2.25. The summed E-state index contributed by atoms with van der Waals surface area (Å²) < 4.78 is 18.7. The zero-order chi connectivity index (χ0) is 16.9. The number of hydrogen-bond acceptors (Lipinski definition) is 3. The topological polar surface area (TPSA) is 61.8 Å². The highest BCUT2D eigenvalue weighted by molar-refractivity contribution is 5.89. The Morgan fingerprint density at radius 1 is 1.25 bits per heavy atom. The SMILES string of the molecule is O=C(Nc1ccc(Oc2cccc(F)c2)cc1)N1CCC(CO)C1. The van der Waals surface area contributed by atoms with E-state index in [4.69, 9.17) is 9.84 Å². The second-order valence-electron chi connectivity index (χ2n) is 5.80. The van der Waals surface area contributed by atoms with Gasteiger partial charge >= 0.3 is 6.03 Å². The van der Waals surface area contributed by atoms with Gasteiger partial charge in [0.05, 0.1) is 0 Å². The molecule has 0 spiro atoms. The van der Waals surface area contributed by atoms with Crippen molar-refractivity contribution in [3.63, 3.8) is 0 Å². The average Bonchev–Trinajstić information content (AvgIpc) is 3.06. The molecule has 1 saturated heterocycles. The Balaban J connectivity index is 1.57. The van der Waals surface area contributed by atoms with E-state index < -0.39 is 0 Å². The average molecular weight is 330 g/mol. The highest BCUT2D eigenvalue weighted by Crippen LogP contribution is 2.24. The van der Waals surface area contributed by atoms with Gasteiger partial charge in [0.2, 0.25) is 0 Å². The number of hydrogen-bond donors (Lipinski definition) is 2. The predicted molar refractivity (Wildman–Crippen MR) is 88.7 cm³/mol. The Kier molecular flexibility index (Phi) is 4.96. The molecule has 24 heavy (non-hydrogen) atoms. The van der Waals surface area contributed by atoms with Gasteiger partial charge in [-0.1, -0.05) is 6.07 Å². The molecule has 1 aliphatic rings. The molecule has 0 aromatic heterocycles. The molecule has 5 nitrogen and oxygen atoms in total. The second-order valence-corrected chi connectivity index (χ2v) is 5.80. The number of ether oxygens (including phenoxy) is 1. The van der Waals surface area contributed by atoms with E-state index in [0.29, 0.717) is 30.3 Å². The first kappa shape index (κ1) is 16.3. The van der Waals surface area contributed by atoms with Crippen LogP contribution in [0.3, 0.4) is 0 Å². The standard InChI is InChI=1S/C18H19FN2O3/c19-14-2-1-3-17(10-14)24-16-6-4-15(5-7-16)20-18(23)21-9-8-13(11-21)12-22/h1-7,10,13,22H,8-9,11-12H2,(H,20,23). The number of likely N-dealkylation sites (tertiary alicyclic amines) is 1. The number of benzene rings is 2. The number of urea groups is 1. The minimum Gasteiger partial charge on any atom is -0.457 e. The number of aliphatic hydroxyl groups excluding tert-OH is 1. The van der Waals surface area contributed by atoms with Crippen molar-refractivity contribution in [2.75, 3.05) is 25.0 Å². The van der Waals surface area contributed by atoms with Crippen LogP contribution in [0.25, 0.3) is 0 Å². The van der Waals surface area contributed by atoms with Crippen LogP contribution in [-0.2, 0) is 0 Å². The fourth-order valence-corrected chi connectivity index (χ4v) is 2.64. The van der Waals surface area contributed by atoms with Gasteiger partial charge < -0.3 is 20.1 Å². The molecule has 0 bridgehead atoms. The maximum Gasteiger partial charge on any atom is 0.321 e. The molecule has 1 unspecified atom stereocenters.